The molecular formula is C11H11N3O2S. The van der Waals surface area contributed by atoms with Crippen LogP contribution in [0.2, 0.25) is 0 Å². The molecule has 1 aromatic heterocycles. The van der Waals surface area contributed by atoms with Crippen molar-refractivity contribution >= 4 is 15.7 Å². The van der Waals surface area contributed by atoms with E-state index in [9.17, 15) is 8.42 Å². The molecule has 2 N–H and O–H groups in total. The number of sulfonamides is 1. The first kappa shape index (κ1) is 11.4. The smallest absolute Gasteiger partial charge is 0.254 e. The van der Waals surface area contributed by atoms with E-state index in [-0.39, 0.29) is 0 Å². The highest BCUT2D eigenvalue weighted by molar-refractivity contribution is 7.95. The first-order valence-electron chi connectivity index (χ1n) is 4.87. The topological polar surface area (TPSA) is 74.8 Å². The number of hydrogen-bond acceptors (Lipinski definition) is 3. The van der Waals surface area contributed by atoms with E-state index >= 15 is 0 Å². The Kier molecular flexibility index (Phi) is 2.97. The lowest BCUT2D eigenvalue weighted by molar-refractivity contribution is 0.609. The van der Waals surface area contributed by atoms with Crippen molar-refractivity contribution in [2.24, 2.45) is 0 Å². The lowest BCUT2D eigenvalue weighted by atomic mass is 10.1. The third kappa shape index (κ3) is 2.54. The van der Waals surface area contributed by atoms with Crippen molar-refractivity contribution < 1.29 is 8.42 Å². The molecule has 2 aromatic rings. The molecule has 0 radical (unpaired) electrons. The molecule has 0 saturated heterocycles. The molecule has 2 rings (SSSR count). The van der Waals surface area contributed by atoms with Gasteiger partial charge in [0.1, 0.15) is 5.69 Å². The standard InChI is InChI=1S/C11H11N3O2S/c1-2-17(15,16)14-10-8-12-13-11(10)9-6-4-3-5-7-9/h2-8,14H,1H2,(H,12,13). The Morgan fingerprint density at radius 1 is 1.29 bits per heavy atom. The maximum Gasteiger partial charge on any atom is 0.254 e. The van der Waals surface area contributed by atoms with E-state index in [2.05, 4.69) is 21.5 Å². The van der Waals surface area contributed by atoms with Crippen molar-refractivity contribution in [3.8, 4) is 11.3 Å². The number of nitrogens with one attached hydrogen (secondary N) is 2. The number of aromatic amines is 1. The molecule has 0 unspecified atom stereocenters. The summed E-state index contributed by atoms with van der Waals surface area (Å²) in [5, 5.41) is 7.51. The zero-order valence-corrected chi connectivity index (χ0v) is 9.74. The summed E-state index contributed by atoms with van der Waals surface area (Å²) in [7, 11) is -3.52. The van der Waals surface area contributed by atoms with Crippen LogP contribution in [0.5, 0.6) is 0 Å². The number of H-pyrrole nitrogens is 1. The normalized spacial score (nSPS) is 11.1. The van der Waals surface area contributed by atoms with E-state index in [1.54, 1.807) is 0 Å². The average Bonchev–Trinajstić information content (AvgIpc) is 2.77. The van der Waals surface area contributed by atoms with Gasteiger partial charge in [0.25, 0.3) is 10.0 Å². The molecular weight excluding hydrogens is 238 g/mol. The van der Waals surface area contributed by atoms with Crippen LogP contribution < -0.4 is 4.72 Å². The predicted octanol–water partition coefficient (Wildman–Crippen LogP) is 1.96. The average molecular weight is 249 g/mol. The Morgan fingerprint density at radius 2 is 2.00 bits per heavy atom. The van der Waals surface area contributed by atoms with Crippen molar-refractivity contribution in [3.05, 3.63) is 48.5 Å². The Balaban J connectivity index is 2.40. The monoisotopic (exact) mass is 249 g/mol. The summed E-state index contributed by atoms with van der Waals surface area (Å²) in [4.78, 5) is 0. The van der Waals surface area contributed by atoms with Crippen LogP contribution in [0.1, 0.15) is 0 Å². The van der Waals surface area contributed by atoms with Gasteiger partial charge >= 0.3 is 0 Å². The molecule has 0 bridgehead atoms. The summed E-state index contributed by atoms with van der Waals surface area (Å²) in [6.45, 7) is 3.23. The van der Waals surface area contributed by atoms with Gasteiger partial charge in [-0.25, -0.2) is 8.42 Å². The Labute approximate surface area is 99.2 Å². The third-order valence-corrected chi connectivity index (χ3v) is 3.10. The van der Waals surface area contributed by atoms with E-state index < -0.39 is 10.0 Å². The van der Waals surface area contributed by atoms with Crippen molar-refractivity contribution in [3.63, 3.8) is 0 Å². The number of hydrogen-bond donors (Lipinski definition) is 2. The Bertz CT molecular complexity index is 617. The van der Waals surface area contributed by atoms with Gasteiger partial charge in [-0.05, 0) is 0 Å². The molecule has 17 heavy (non-hydrogen) atoms. The van der Waals surface area contributed by atoms with Gasteiger partial charge in [0, 0.05) is 17.2 Å². The lowest BCUT2D eigenvalue weighted by Crippen LogP contribution is -2.08. The van der Waals surface area contributed by atoms with E-state index in [4.69, 9.17) is 0 Å². The van der Waals surface area contributed by atoms with Crippen LogP contribution in [0.15, 0.2) is 48.5 Å². The van der Waals surface area contributed by atoms with Crippen LogP contribution in [0.25, 0.3) is 11.3 Å². The highest BCUT2D eigenvalue weighted by atomic mass is 32.2. The van der Waals surface area contributed by atoms with Gasteiger partial charge in [0.15, 0.2) is 0 Å². The van der Waals surface area contributed by atoms with Crippen LogP contribution in [0.4, 0.5) is 5.69 Å². The van der Waals surface area contributed by atoms with E-state index in [1.165, 1.54) is 6.20 Å². The molecule has 1 aromatic carbocycles. The van der Waals surface area contributed by atoms with Gasteiger partial charge < -0.3 is 0 Å². The molecule has 1 heterocycles. The quantitative estimate of drug-likeness (QED) is 0.869. The van der Waals surface area contributed by atoms with Gasteiger partial charge in [-0.2, -0.15) is 5.10 Å². The fraction of sp³-hybridized carbons (Fsp3) is 0. The molecule has 6 heteroatoms. The van der Waals surface area contributed by atoms with Gasteiger partial charge in [-0.1, -0.05) is 36.9 Å². The van der Waals surface area contributed by atoms with Crippen LogP contribution in [-0.2, 0) is 10.0 Å². The number of aromatic nitrogens is 2. The number of benzene rings is 1. The fourth-order valence-corrected chi connectivity index (χ4v) is 1.92. The van der Waals surface area contributed by atoms with Crippen molar-refractivity contribution in [2.45, 2.75) is 0 Å². The van der Waals surface area contributed by atoms with Crippen LogP contribution in [-0.4, -0.2) is 18.6 Å². The number of nitrogens with zero attached hydrogens (tertiary/aromatic N) is 1. The second-order valence-electron chi connectivity index (χ2n) is 3.33. The number of rotatable bonds is 4. The SMILES string of the molecule is C=CS(=O)(=O)Nc1c[nH]nc1-c1ccccc1. The fourth-order valence-electron chi connectivity index (χ4n) is 1.38. The van der Waals surface area contributed by atoms with Crippen LogP contribution in [0, 0.1) is 0 Å². The van der Waals surface area contributed by atoms with Gasteiger partial charge in [-0.15, -0.1) is 0 Å². The molecule has 0 aliphatic rings. The minimum atomic E-state index is -3.52. The Morgan fingerprint density at radius 3 is 2.65 bits per heavy atom. The van der Waals surface area contributed by atoms with Crippen LogP contribution >= 0.6 is 0 Å². The first-order valence-corrected chi connectivity index (χ1v) is 6.41. The van der Waals surface area contributed by atoms with Gasteiger partial charge in [0.2, 0.25) is 0 Å². The maximum absolute atomic E-state index is 11.4. The second-order valence-corrected chi connectivity index (χ2v) is 4.95. The Hall–Kier alpha value is -2.08. The molecule has 88 valence electrons. The minimum Gasteiger partial charge on any atom is -0.283 e. The zero-order valence-electron chi connectivity index (χ0n) is 8.92. The molecule has 0 saturated carbocycles. The van der Waals surface area contributed by atoms with E-state index in [0.29, 0.717) is 11.4 Å². The number of anilines is 1. The first-order chi connectivity index (χ1) is 8.12. The van der Waals surface area contributed by atoms with Crippen molar-refractivity contribution in [1.29, 1.82) is 0 Å². The predicted molar refractivity (Wildman–Crippen MR) is 66.8 cm³/mol. The molecule has 0 amide bonds. The van der Waals surface area contributed by atoms with Crippen LogP contribution in [0.3, 0.4) is 0 Å². The summed E-state index contributed by atoms with van der Waals surface area (Å²) < 4.78 is 25.1. The highest BCUT2D eigenvalue weighted by Gasteiger charge is 2.12. The van der Waals surface area contributed by atoms with E-state index in [0.717, 1.165) is 11.0 Å². The minimum absolute atomic E-state index is 0.399. The summed E-state index contributed by atoms with van der Waals surface area (Å²) in [6, 6.07) is 9.29. The largest absolute Gasteiger partial charge is 0.283 e. The highest BCUT2D eigenvalue weighted by Crippen LogP contribution is 2.25. The summed E-state index contributed by atoms with van der Waals surface area (Å²) >= 11 is 0. The summed E-state index contributed by atoms with van der Waals surface area (Å²) in [5.74, 6) is 0. The summed E-state index contributed by atoms with van der Waals surface area (Å²) in [6.07, 6.45) is 1.49. The van der Waals surface area contributed by atoms with Crippen molar-refractivity contribution in [1.82, 2.24) is 10.2 Å². The zero-order chi connectivity index (χ0) is 12.3. The van der Waals surface area contributed by atoms with Crippen molar-refractivity contribution in [2.75, 3.05) is 4.72 Å². The second kappa shape index (κ2) is 4.42. The molecule has 0 atom stereocenters. The molecule has 0 aliphatic carbocycles. The van der Waals surface area contributed by atoms with Gasteiger partial charge in [-0.3, -0.25) is 9.82 Å². The third-order valence-electron chi connectivity index (χ3n) is 2.16. The molecule has 0 spiro atoms. The molecule has 5 nitrogen and oxygen atoms in total. The maximum atomic E-state index is 11.4. The molecule has 0 fully saturated rings. The van der Waals surface area contributed by atoms with Gasteiger partial charge in [0.05, 0.1) is 5.69 Å². The molecule has 0 aliphatic heterocycles. The lowest BCUT2D eigenvalue weighted by Gasteiger charge is -2.04. The van der Waals surface area contributed by atoms with E-state index in [1.807, 2.05) is 30.3 Å². The summed E-state index contributed by atoms with van der Waals surface area (Å²) in [5.41, 5.74) is 1.78.